The molecule has 0 radical (unpaired) electrons. The molecule has 0 aliphatic carbocycles. The van der Waals surface area contributed by atoms with Crippen molar-refractivity contribution in [3.05, 3.63) is 28.8 Å². The molecule has 16 heavy (non-hydrogen) atoms. The van der Waals surface area contributed by atoms with Gasteiger partial charge in [-0.15, -0.1) is 0 Å². The van der Waals surface area contributed by atoms with E-state index in [1.807, 2.05) is 12.1 Å². The van der Waals surface area contributed by atoms with E-state index in [9.17, 15) is 4.79 Å². The smallest absolute Gasteiger partial charge is 0.317 e. The van der Waals surface area contributed by atoms with E-state index in [0.29, 0.717) is 0 Å². The molecule has 1 aliphatic heterocycles. The van der Waals surface area contributed by atoms with Crippen LogP contribution < -0.4 is 11.0 Å². The van der Waals surface area contributed by atoms with Gasteiger partial charge < -0.3 is 10.3 Å². The highest BCUT2D eigenvalue weighted by Gasteiger charge is 2.19. The lowest BCUT2D eigenvalue weighted by Gasteiger charge is -2.23. The SMILES string of the molecule is O=c1[nH]c2cccnc2n1C1CCNCC1. The number of imidazole rings is 1. The van der Waals surface area contributed by atoms with Gasteiger partial charge in [0.1, 0.15) is 0 Å². The second-order valence-corrected chi connectivity index (χ2v) is 4.16. The van der Waals surface area contributed by atoms with Crippen molar-refractivity contribution in [3.63, 3.8) is 0 Å². The highest BCUT2D eigenvalue weighted by atomic mass is 16.1. The molecule has 0 atom stereocenters. The average Bonchev–Trinajstić information content (AvgIpc) is 2.66. The Labute approximate surface area is 92.5 Å². The van der Waals surface area contributed by atoms with Crippen LogP contribution in [0, 0.1) is 0 Å². The first-order chi connectivity index (χ1) is 7.86. The number of fused-ring (bicyclic) bond motifs is 1. The summed E-state index contributed by atoms with van der Waals surface area (Å²) in [7, 11) is 0. The van der Waals surface area contributed by atoms with Gasteiger partial charge in [-0.2, -0.15) is 0 Å². The minimum Gasteiger partial charge on any atom is -0.317 e. The Bertz CT molecular complexity index is 550. The molecule has 1 saturated heterocycles. The number of hydrogen-bond acceptors (Lipinski definition) is 3. The number of pyridine rings is 1. The molecule has 0 saturated carbocycles. The highest BCUT2D eigenvalue weighted by Crippen LogP contribution is 2.20. The maximum Gasteiger partial charge on any atom is 0.327 e. The van der Waals surface area contributed by atoms with Crippen molar-refractivity contribution in [2.24, 2.45) is 0 Å². The van der Waals surface area contributed by atoms with Gasteiger partial charge in [0.15, 0.2) is 5.65 Å². The number of hydrogen-bond donors (Lipinski definition) is 2. The molecule has 84 valence electrons. The number of nitrogens with one attached hydrogen (secondary N) is 2. The van der Waals surface area contributed by atoms with E-state index < -0.39 is 0 Å². The van der Waals surface area contributed by atoms with Crippen molar-refractivity contribution < 1.29 is 0 Å². The second-order valence-electron chi connectivity index (χ2n) is 4.16. The monoisotopic (exact) mass is 218 g/mol. The van der Waals surface area contributed by atoms with Crippen LogP contribution >= 0.6 is 0 Å². The maximum atomic E-state index is 11.9. The number of rotatable bonds is 1. The zero-order chi connectivity index (χ0) is 11.0. The fourth-order valence-electron chi connectivity index (χ4n) is 2.36. The van der Waals surface area contributed by atoms with Gasteiger partial charge in [0.05, 0.1) is 5.52 Å². The Kier molecular flexibility index (Phi) is 2.25. The summed E-state index contributed by atoms with van der Waals surface area (Å²) in [6.45, 7) is 1.94. The Morgan fingerprint density at radius 2 is 2.19 bits per heavy atom. The number of aromatic nitrogens is 3. The first kappa shape index (κ1) is 9.59. The van der Waals surface area contributed by atoms with Crippen molar-refractivity contribution in [1.29, 1.82) is 0 Å². The summed E-state index contributed by atoms with van der Waals surface area (Å²) in [6, 6.07) is 4.00. The largest absolute Gasteiger partial charge is 0.327 e. The van der Waals surface area contributed by atoms with Crippen molar-refractivity contribution >= 4 is 11.2 Å². The summed E-state index contributed by atoms with van der Waals surface area (Å²) in [4.78, 5) is 19.0. The lowest BCUT2D eigenvalue weighted by molar-refractivity contribution is 0.367. The summed E-state index contributed by atoms with van der Waals surface area (Å²) in [6.07, 6.45) is 3.71. The van der Waals surface area contributed by atoms with Crippen molar-refractivity contribution in [2.45, 2.75) is 18.9 Å². The van der Waals surface area contributed by atoms with Gasteiger partial charge in [-0.1, -0.05) is 0 Å². The molecule has 5 heteroatoms. The molecule has 2 aromatic heterocycles. The molecule has 0 amide bonds. The van der Waals surface area contributed by atoms with E-state index in [0.717, 1.165) is 37.1 Å². The molecule has 1 aliphatic rings. The summed E-state index contributed by atoms with van der Waals surface area (Å²) in [5, 5.41) is 3.30. The molecule has 0 bridgehead atoms. The molecule has 2 N–H and O–H groups in total. The van der Waals surface area contributed by atoms with Gasteiger partial charge in [-0.25, -0.2) is 9.78 Å². The molecule has 1 fully saturated rings. The first-order valence-corrected chi connectivity index (χ1v) is 5.62. The molecule has 3 heterocycles. The van der Waals surface area contributed by atoms with Crippen LogP contribution in [0.5, 0.6) is 0 Å². The van der Waals surface area contributed by atoms with E-state index in [2.05, 4.69) is 15.3 Å². The van der Waals surface area contributed by atoms with Crippen molar-refractivity contribution in [2.75, 3.05) is 13.1 Å². The summed E-state index contributed by atoms with van der Waals surface area (Å²) in [5.41, 5.74) is 1.56. The number of nitrogens with zero attached hydrogens (tertiary/aromatic N) is 2. The third-order valence-corrected chi connectivity index (χ3v) is 3.15. The fourth-order valence-corrected chi connectivity index (χ4v) is 2.36. The van der Waals surface area contributed by atoms with Crippen LogP contribution in [-0.2, 0) is 0 Å². The van der Waals surface area contributed by atoms with E-state index in [-0.39, 0.29) is 11.7 Å². The lowest BCUT2D eigenvalue weighted by Crippen LogP contribution is -2.33. The van der Waals surface area contributed by atoms with Gasteiger partial charge >= 0.3 is 5.69 Å². The lowest BCUT2D eigenvalue weighted by atomic mass is 10.1. The van der Waals surface area contributed by atoms with Crippen LogP contribution in [-0.4, -0.2) is 27.6 Å². The maximum absolute atomic E-state index is 11.9. The number of piperidine rings is 1. The Balaban J connectivity index is 2.14. The summed E-state index contributed by atoms with van der Waals surface area (Å²) >= 11 is 0. The van der Waals surface area contributed by atoms with Crippen LogP contribution in [0.4, 0.5) is 0 Å². The van der Waals surface area contributed by atoms with Crippen LogP contribution in [0.15, 0.2) is 23.1 Å². The molecular weight excluding hydrogens is 204 g/mol. The molecule has 0 aromatic carbocycles. The highest BCUT2D eigenvalue weighted by molar-refractivity contribution is 5.70. The van der Waals surface area contributed by atoms with E-state index in [1.54, 1.807) is 10.8 Å². The topological polar surface area (TPSA) is 62.7 Å². The van der Waals surface area contributed by atoms with Crippen LogP contribution in [0.1, 0.15) is 18.9 Å². The van der Waals surface area contributed by atoms with Gasteiger partial charge in [-0.3, -0.25) is 4.57 Å². The van der Waals surface area contributed by atoms with Gasteiger partial charge in [0.25, 0.3) is 0 Å². The van der Waals surface area contributed by atoms with Crippen molar-refractivity contribution in [3.8, 4) is 0 Å². The zero-order valence-corrected chi connectivity index (χ0v) is 8.94. The number of aromatic amines is 1. The quantitative estimate of drug-likeness (QED) is 0.738. The predicted octanol–water partition coefficient (Wildman–Crippen LogP) is 0.649. The predicted molar refractivity (Wildman–Crippen MR) is 61.5 cm³/mol. The fraction of sp³-hybridized carbons (Fsp3) is 0.455. The summed E-state index contributed by atoms with van der Waals surface area (Å²) in [5.74, 6) is 0. The Morgan fingerprint density at radius 3 is 3.00 bits per heavy atom. The molecule has 2 aromatic rings. The normalized spacial score (nSPS) is 18.0. The molecule has 0 spiro atoms. The van der Waals surface area contributed by atoms with Gasteiger partial charge in [0, 0.05) is 12.2 Å². The second kappa shape index (κ2) is 3.75. The molecule has 3 rings (SSSR count). The average molecular weight is 218 g/mol. The van der Waals surface area contributed by atoms with Crippen LogP contribution in [0.2, 0.25) is 0 Å². The van der Waals surface area contributed by atoms with Gasteiger partial charge in [-0.05, 0) is 38.1 Å². The minimum atomic E-state index is -0.0411. The van der Waals surface area contributed by atoms with Crippen LogP contribution in [0.3, 0.4) is 0 Å². The third-order valence-electron chi connectivity index (χ3n) is 3.15. The Morgan fingerprint density at radius 1 is 1.38 bits per heavy atom. The van der Waals surface area contributed by atoms with E-state index >= 15 is 0 Å². The molecular formula is C11H14N4O. The Hall–Kier alpha value is -1.62. The minimum absolute atomic E-state index is 0.0411. The third kappa shape index (κ3) is 1.44. The standard InChI is InChI=1S/C11H14N4O/c16-11-14-9-2-1-5-13-10(9)15(11)8-3-6-12-7-4-8/h1-2,5,8,12H,3-4,6-7H2,(H,14,16). The molecule has 5 nitrogen and oxygen atoms in total. The summed E-state index contributed by atoms with van der Waals surface area (Å²) < 4.78 is 1.80. The molecule has 0 unspecified atom stereocenters. The van der Waals surface area contributed by atoms with Gasteiger partial charge in [0.2, 0.25) is 0 Å². The zero-order valence-electron chi connectivity index (χ0n) is 8.94. The van der Waals surface area contributed by atoms with Crippen LogP contribution in [0.25, 0.3) is 11.2 Å². The van der Waals surface area contributed by atoms with E-state index in [1.165, 1.54) is 0 Å². The van der Waals surface area contributed by atoms with Crippen molar-refractivity contribution in [1.82, 2.24) is 19.9 Å². The number of H-pyrrole nitrogens is 1. The van der Waals surface area contributed by atoms with E-state index in [4.69, 9.17) is 0 Å². The first-order valence-electron chi connectivity index (χ1n) is 5.62.